The molecule has 2 aromatic heterocycles. The third kappa shape index (κ3) is 5.15. The van der Waals surface area contributed by atoms with Gasteiger partial charge in [0.15, 0.2) is 11.5 Å². The van der Waals surface area contributed by atoms with Gasteiger partial charge in [-0.1, -0.05) is 12.1 Å². The van der Waals surface area contributed by atoms with E-state index in [0.29, 0.717) is 18.1 Å². The summed E-state index contributed by atoms with van der Waals surface area (Å²) in [6.07, 6.45) is -1.37. The minimum Gasteiger partial charge on any atom is -0.309 e. The molecule has 0 bridgehead atoms. The van der Waals surface area contributed by atoms with E-state index in [9.17, 15) is 22.4 Å². The molecule has 1 amide bonds. The second-order valence-corrected chi connectivity index (χ2v) is 8.16. The van der Waals surface area contributed by atoms with Gasteiger partial charge in [0, 0.05) is 24.6 Å². The number of anilines is 1. The lowest BCUT2D eigenvalue weighted by Gasteiger charge is -2.07. The van der Waals surface area contributed by atoms with Gasteiger partial charge in [0.25, 0.3) is 0 Å². The molecule has 2 heterocycles. The van der Waals surface area contributed by atoms with Crippen LogP contribution in [0, 0.1) is 5.82 Å². The molecule has 6 nitrogen and oxygen atoms in total. The molecule has 3 aromatic rings. The van der Waals surface area contributed by atoms with Gasteiger partial charge in [0.2, 0.25) is 5.91 Å². The third-order valence-corrected chi connectivity index (χ3v) is 5.64. The number of hydrogen-bond donors (Lipinski definition) is 1. The molecule has 11 heteroatoms. The largest absolute Gasteiger partial charge is 0.436 e. The van der Waals surface area contributed by atoms with Crippen LogP contribution in [-0.4, -0.2) is 25.5 Å². The molecule has 1 N–H and O–H groups in total. The van der Waals surface area contributed by atoms with E-state index < -0.39 is 17.8 Å². The summed E-state index contributed by atoms with van der Waals surface area (Å²) in [7, 11) is 0. The minimum atomic E-state index is -4.56. The van der Waals surface area contributed by atoms with Crippen molar-refractivity contribution >= 4 is 27.7 Å². The summed E-state index contributed by atoms with van der Waals surface area (Å²) < 4.78 is 55.6. The zero-order chi connectivity index (χ0) is 22.2. The predicted molar refractivity (Wildman–Crippen MR) is 108 cm³/mol. The number of amides is 1. The monoisotopic (exact) mass is 499 g/mol. The van der Waals surface area contributed by atoms with Gasteiger partial charge in [-0.05, 0) is 46.5 Å². The number of hydrogen-bond acceptors (Lipinski definition) is 3. The Balaban J connectivity index is 1.37. The summed E-state index contributed by atoms with van der Waals surface area (Å²) in [6, 6.07) is 7.71. The van der Waals surface area contributed by atoms with Crippen LogP contribution in [0.4, 0.5) is 23.4 Å². The number of alkyl halides is 3. The van der Waals surface area contributed by atoms with Gasteiger partial charge in [0.1, 0.15) is 5.82 Å². The Morgan fingerprint density at radius 1 is 1.23 bits per heavy atom. The molecule has 0 spiro atoms. The SMILES string of the molecule is O=C(CCn1nc(C(F)(F)F)c(Br)c1C1CC1)Nc1ccn(Cc2cccc(F)c2)n1. The van der Waals surface area contributed by atoms with Crippen molar-refractivity contribution in [3.63, 3.8) is 0 Å². The van der Waals surface area contributed by atoms with Crippen molar-refractivity contribution in [2.75, 3.05) is 5.32 Å². The van der Waals surface area contributed by atoms with Crippen molar-refractivity contribution in [1.29, 1.82) is 0 Å². The second-order valence-electron chi connectivity index (χ2n) is 7.37. The Hall–Kier alpha value is -2.69. The molecule has 0 radical (unpaired) electrons. The van der Waals surface area contributed by atoms with E-state index in [1.165, 1.54) is 16.8 Å². The number of carbonyl (C=O) groups excluding carboxylic acids is 1. The number of halogens is 5. The van der Waals surface area contributed by atoms with Gasteiger partial charge >= 0.3 is 6.18 Å². The van der Waals surface area contributed by atoms with E-state index in [1.54, 1.807) is 29.1 Å². The maximum absolute atomic E-state index is 13.3. The molecule has 1 saturated carbocycles. The van der Waals surface area contributed by atoms with Crippen molar-refractivity contribution in [1.82, 2.24) is 19.6 Å². The van der Waals surface area contributed by atoms with E-state index in [4.69, 9.17) is 0 Å². The van der Waals surface area contributed by atoms with Crippen LogP contribution in [0.1, 0.15) is 42.1 Å². The van der Waals surface area contributed by atoms with Crippen LogP contribution in [0.5, 0.6) is 0 Å². The highest BCUT2D eigenvalue weighted by molar-refractivity contribution is 9.10. The van der Waals surface area contributed by atoms with Crippen molar-refractivity contribution in [2.24, 2.45) is 0 Å². The van der Waals surface area contributed by atoms with Crippen LogP contribution in [0.3, 0.4) is 0 Å². The molecular weight excluding hydrogens is 482 g/mol. The third-order valence-electron chi connectivity index (χ3n) is 4.86. The molecule has 164 valence electrons. The van der Waals surface area contributed by atoms with Crippen LogP contribution >= 0.6 is 15.9 Å². The van der Waals surface area contributed by atoms with Crippen LogP contribution in [-0.2, 0) is 24.1 Å². The molecule has 1 aliphatic rings. The summed E-state index contributed by atoms with van der Waals surface area (Å²) in [6.45, 7) is 0.357. The van der Waals surface area contributed by atoms with Crippen molar-refractivity contribution in [3.05, 3.63) is 63.8 Å². The number of nitrogens with zero attached hydrogens (tertiary/aromatic N) is 4. The lowest BCUT2D eigenvalue weighted by Crippen LogP contribution is -2.17. The summed E-state index contributed by atoms with van der Waals surface area (Å²) in [5.74, 6) is -0.401. The van der Waals surface area contributed by atoms with Crippen LogP contribution in [0.25, 0.3) is 0 Å². The van der Waals surface area contributed by atoms with Gasteiger partial charge < -0.3 is 5.32 Å². The molecular formula is C20H18BrF4N5O. The fourth-order valence-corrected chi connectivity index (χ4v) is 4.14. The molecule has 0 saturated heterocycles. The van der Waals surface area contributed by atoms with E-state index >= 15 is 0 Å². The first kappa shape index (κ1) is 21.5. The van der Waals surface area contributed by atoms with Crippen LogP contribution < -0.4 is 5.32 Å². The quantitative estimate of drug-likeness (QED) is 0.467. The molecule has 1 aliphatic carbocycles. The fraction of sp³-hybridized carbons (Fsp3) is 0.350. The van der Waals surface area contributed by atoms with Crippen molar-refractivity contribution < 1.29 is 22.4 Å². The Labute approximate surface area is 183 Å². The molecule has 4 rings (SSSR count). The maximum Gasteiger partial charge on any atom is 0.436 e. The smallest absolute Gasteiger partial charge is 0.309 e. The number of aromatic nitrogens is 4. The molecule has 0 unspecified atom stereocenters. The highest BCUT2D eigenvalue weighted by Gasteiger charge is 2.41. The number of nitrogens with one attached hydrogen (secondary N) is 1. The normalized spacial score (nSPS) is 14.1. The Bertz CT molecular complexity index is 1100. The summed E-state index contributed by atoms with van der Waals surface area (Å²) in [5, 5.41) is 10.5. The molecule has 1 fully saturated rings. The lowest BCUT2D eigenvalue weighted by molar-refractivity contribution is -0.142. The van der Waals surface area contributed by atoms with Crippen LogP contribution in [0.2, 0.25) is 0 Å². The Morgan fingerprint density at radius 2 is 2.00 bits per heavy atom. The van der Waals surface area contributed by atoms with Crippen molar-refractivity contribution in [3.8, 4) is 0 Å². The number of benzene rings is 1. The zero-order valence-corrected chi connectivity index (χ0v) is 17.7. The Morgan fingerprint density at radius 3 is 2.68 bits per heavy atom. The summed E-state index contributed by atoms with van der Waals surface area (Å²) in [4.78, 5) is 12.3. The van der Waals surface area contributed by atoms with Gasteiger partial charge in [-0.3, -0.25) is 14.2 Å². The first-order valence-electron chi connectivity index (χ1n) is 9.62. The number of rotatable bonds is 7. The van der Waals surface area contributed by atoms with E-state index in [0.717, 1.165) is 18.4 Å². The highest BCUT2D eigenvalue weighted by atomic mass is 79.9. The first-order valence-corrected chi connectivity index (χ1v) is 10.4. The predicted octanol–water partition coefficient (Wildman–Crippen LogP) is 4.95. The fourth-order valence-electron chi connectivity index (χ4n) is 3.30. The average Bonchev–Trinajstić information content (AvgIpc) is 3.33. The van der Waals surface area contributed by atoms with Crippen molar-refractivity contribution in [2.45, 2.75) is 44.4 Å². The topological polar surface area (TPSA) is 64.7 Å². The second kappa shape index (κ2) is 8.45. The molecule has 31 heavy (non-hydrogen) atoms. The lowest BCUT2D eigenvalue weighted by atomic mass is 10.2. The van der Waals surface area contributed by atoms with E-state index in [2.05, 4.69) is 31.4 Å². The van der Waals surface area contributed by atoms with E-state index in [1.807, 2.05) is 0 Å². The van der Waals surface area contributed by atoms with Gasteiger partial charge in [0.05, 0.1) is 23.3 Å². The summed E-state index contributed by atoms with van der Waals surface area (Å²) >= 11 is 3.03. The first-order chi connectivity index (χ1) is 14.7. The van der Waals surface area contributed by atoms with Gasteiger partial charge in [-0.2, -0.15) is 23.4 Å². The van der Waals surface area contributed by atoms with Crippen LogP contribution in [0.15, 0.2) is 41.0 Å². The number of aryl methyl sites for hydroxylation is 1. The number of carbonyl (C=O) groups is 1. The molecule has 1 aromatic carbocycles. The van der Waals surface area contributed by atoms with E-state index in [-0.39, 0.29) is 29.2 Å². The zero-order valence-electron chi connectivity index (χ0n) is 16.2. The molecule has 0 aliphatic heterocycles. The standard InChI is InChI=1S/C20H18BrF4N5O/c21-17-18(13-4-5-13)30(28-19(17)20(23,24)25)9-7-16(31)26-15-6-8-29(27-15)11-12-2-1-3-14(22)10-12/h1-3,6,8,10,13H,4-5,7,9,11H2,(H,26,27,31). The Kier molecular flexibility index (Phi) is 5.87. The average molecular weight is 500 g/mol. The van der Waals surface area contributed by atoms with Gasteiger partial charge in [-0.25, -0.2) is 4.39 Å². The maximum atomic E-state index is 13.3. The summed E-state index contributed by atoms with van der Waals surface area (Å²) in [5.41, 5.74) is 0.240. The highest BCUT2D eigenvalue weighted by Crippen LogP contribution is 2.47. The van der Waals surface area contributed by atoms with Gasteiger partial charge in [-0.15, -0.1) is 0 Å². The minimum absolute atomic E-state index is 0.0242. The molecule has 0 atom stereocenters.